The van der Waals surface area contributed by atoms with Crippen molar-refractivity contribution in [2.45, 2.75) is 38.1 Å². The van der Waals surface area contributed by atoms with Gasteiger partial charge >= 0.3 is 0 Å². The van der Waals surface area contributed by atoms with Gasteiger partial charge in [0.2, 0.25) is 17.7 Å². The van der Waals surface area contributed by atoms with Gasteiger partial charge in [-0.15, -0.1) is 0 Å². The fraction of sp³-hybridized carbons (Fsp3) is 0.346. The van der Waals surface area contributed by atoms with Crippen molar-refractivity contribution in [1.82, 2.24) is 16.0 Å². The number of ether oxygens (including phenoxy) is 2. The van der Waals surface area contributed by atoms with Crippen LogP contribution in [0.2, 0.25) is 0 Å². The molecule has 1 atom stereocenters. The smallest absolute Gasteiger partial charge is 0.224 e. The molecule has 3 amide bonds. The van der Waals surface area contributed by atoms with Crippen LogP contribution >= 0.6 is 0 Å². The molecule has 0 fully saturated rings. The molecule has 2 aromatic rings. The minimum atomic E-state index is -0.411. The van der Waals surface area contributed by atoms with Crippen LogP contribution in [0.4, 0.5) is 0 Å². The number of nitrogens with two attached hydrogens (primary N) is 1. The van der Waals surface area contributed by atoms with Gasteiger partial charge in [0, 0.05) is 49.5 Å². The third-order valence-corrected chi connectivity index (χ3v) is 5.43. The molecular weight excluding hydrogens is 448 g/mol. The normalized spacial score (nSPS) is 13.5. The second-order valence-electron chi connectivity index (χ2n) is 8.06. The van der Waals surface area contributed by atoms with Crippen molar-refractivity contribution in [2.24, 2.45) is 5.73 Å². The number of para-hydroxylation sites is 1. The molecule has 1 aliphatic heterocycles. The molecule has 0 bridgehead atoms. The lowest BCUT2D eigenvalue weighted by Crippen LogP contribution is -2.32. The summed E-state index contributed by atoms with van der Waals surface area (Å²) in [5.41, 5.74) is 7.02. The van der Waals surface area contributed by atoms with Gasteiger partial charge in [-0.2, -0.15) is 0 Å². The van der Waals surface area contributed by atoms with Crippen molar-refractivity contribution in [3.05, 3.63) is 66.4 Å². The molecule has 1 unspecified atom stereocenters. The molecule has 0 radical (unpaired) electrons. The van der Waals surface area contributed by atoms with Gasteiger partial charge in [-0.05, 0) is 37.2 Å². The van der Waals surface area contributed by atoms with E-state index in [1.165, 1.54) is 6.20 Å². The Labute approximate surface area is 205 Å². The van der Waals surface area contributed by atoms with Crippen LogP contribution in [0, 0.1) is 0 Å². The molecule has 186 valence electrons. The monoisotopic (exact) mass is 480 g/mol. The van der Waals surface area contributed by atoms with Crippen LogP contribution in [0.5, 0.6) is 17.2 Å². The van der Waals surface area contributed by atoms with E-state index in [1.807, 2.05) is 36.4 Å². The standard InChI is InChI=1S/C26H32N4O5/c1-2-28-24(32)12-13-25(33)30-26-19-7-3-4-8-21(19)35-22-17-18(10-11-20(22)26)34-16-6-5-9-23(31)29-15-14-27/h2-4,7-8,10-11,17,26H,1,5-6,9,12-16,27H2,(H,28,32)(H,29,31)(H,30,33). The summed E-state index contributed by atoms with van der Waals surface area (Å²) < 4.78 is 11.9. The zero-order chi connectivity index (χ0) is 25.0. The van der Waals surface area contributed by atoms with Gasteiger partial charge < -0.3 is 31.2 Å². The Morgan fingerprint density at radius 1 is 0.971 bits per heavy atom. The number of nitrogens with one attached hydrogen (secondary N) is 3. The van der Waals surface area contributed by atoms with Crippen LogP contribution in [-0.2, 0) is 14.4 Å². The van der Waals surface area contributed by atoms with Crippen molar-refractivity contribution < 1.29 is 23.9 Å². The number of rotatable bonds is 13. The maximum Gasteiger partial charge on any atom is 0.224 e. The molecule has 0 aromatic heterocycles. The number of hydrogen-bond donors (Lipinski definition) is 4. The molecule has 35 heavy (non-hydrogen) atoms. The number of unbranched alkanes of at least 4 members (excludes halogenated alkanes) is 1. The number of amides is 3. The largest absolute Gasteiger partial charge is 0.493 e. The maximum atomic E-state index is 12.6. The molecule has 9 nitrogen and oxygen atoms in total. The summed E-state index contributed by atoms with van der Waals surface area (Å²) in [5, 5.41) is 8.23. The molecule has 0 aliphatic carbocycles. The molecule has 2 aromatic carbocycles. The van der Waals surface area contributed by atoms with Gasteiger partial charge in [0.05, 0.1) is 12.6 Å². The highest BCUT2D eigenvalue weighted by molar-refractivity contribution is 5.84. The SMILES string of the molecule is C=CNC(=O)CCC(=O)NC1c2ccccc2Oc2cc(OCCCCC(=O)NCCN)ccc21. The molecule has 0 spiro atoms. The van der Waals surface area contributed by atoms with Gasteiger partial charge in [0.1, 0.15) is 17.2 Å². The Hall–Kier alpha value is -3.85. The Bertz CT molecular complexity index is 1060. The lowest BCUT2D eigenvalue weighted by atomic mass is 9.94. The second-order valence-corrected chi connectivity index (χ2v) is 8.06. The van der Waals surface area contributed by atoms with Crippen LogP contribution in [0.25, 0.3) is 0 Å². The highest BCUT2D eigenvalue weighted by Gasteiger charge is 2.28. The van der Waals surface area contributed by atoms with Crippen molar-refractivity contribution >= 4 is 17.7 Å². The summed E-state index contributed by atoms with van der Waals surface area (Å²) in [5.74, 6) is 1.37. The predicted molar refractivity (Wildman–Crippen MR) is 132 cm³/mol. The highest BCUT2D eigenvalue weighted by atomic mass is 16.5. The molecule has 0 saturated carbocycles. The van der Waals surface area contributed by atoms with Crippen molar-refractivity contribution in [2.75, 3.05) is 19.7 Å². The summed E-state index contributed by atoms with van der Waals surface area (Å²) in [6.45, 7) is 4.82. The lowest BCUT2D eigenvalue weighted by Gasteiger charge is -2.29. The molecule has 0 saturated heterocycles. The first-order valence-electron chi connectivity index (χ1n) is 11.7. The molecular formula is C26H32N4O5. The first-order chi connectivity index (χ1) is 17.0. The minimum absolute atomic E-state index is 0.00859. The molecule has 1 aliphatic rings. The number of fused-ring (bicyclic) bond motifs is 2. The van der Waals surface area contributed by atoms with Crippen LogP contribution < -0.4 is 31.2 Å². The number of carbonyl (C=O) groups is 3. The van der Waals surface area contributed by atoms with E-state index in [1.54, 1.807) is 6.07 Å². The Morgan fingerprint density at radius 3 is 2.54 bits per heavy atom. The third kappa shape index (κ3) is 7.58. The minimum Gasteiger partial charge on any atom is -0.493 e. The lowest BCUT2D eigenvalue weighted by molar-refractivity contribution is -0.126. The Balaban J connectivity index is 1.61. The quantitative estimate of drug-likeness (QED) is 0.326. The summed E-state index contributed by atoms with van der Waals surface area (Å²) in [7, 11) is 0. The zero-order valence-corrected chi connectivity index (χ0v) is 19.7. The van der Waals surface area contributed by atoms with E-state index in [4.69, 9.17) is 15.2 Å². The number of hydrogen-bond acceptors (Lipinski definition) is 6. The Kier molecular flexibility index (Phi) is 9.68. The Morgan fingerprint density at radius 2 is 1.74 bits per heavy atom. The predicted octanol–water partition coefficient (Wildman–Crippen LogP) is 2.66. The summed E-state index contributed by atoms with van der Waals surface area (Å²) in [6.07, 6.45) is 3.30. The molecule has 3 rings (SSSR count). The fourth-order valence-corrected chi connectivity index (χ4v) is 3.71. The first-order valence-corrected chi connectivity index (χ1v) is 11.7. The third-order valence-electron chi connectivity index (χ3n) is 5.43. The van der Waals surface area contributed by atoms with E-state index < -0.39 is 6.04 Å². The van der Waals surface area contributed by atoms with Crippen LogP contribution in [0.3, 0.4) is 0 Å². The average Bonchev–Trinajstić information content (AvgIpc) is 2.86. The van der Waals surface area contributed by atoms with Gasteiger partial charge in [-0.25, -0.2) is 0 Å². The van der Waals surface area contributed by atoms with Crippen LogP contribution in [-0.4, -0.2) is 37.4 Å². The van der Waals surface area contributed by atoms with Crippen LogP contribution in [0.15, 0.2) is 55.2 Å². The summed E-state index contributed by atoms with van der Waals surface area (Å²) in [6, 6.07) is 12.6. The van der Waals surface area contributed by atoms with E-state index in [-0.39, 0.29) is 30.6 Å². The van der Waals surface area contributed by atoms with Crippen molar-refractivity contribution in [1.29, 1.82) is 0 Å². The highest BCUT2D eigenvalue weighted by Crippen LogP contribution is 2.44. The van der Waals surface area contributed by atoms with E-state index in [0.717, 1.165) is 17.5 Å². The number of benzene rings is 2. The van der Waals surface area contributed by atoms with Crippen LogP contribution in [0.1, 0.15) is 49.3 Å². The molecule has 9 heteroatoms. The fourth-order valence-electron chi connectivity index (χ4n) is 3.71. The first kappa shape index (κ1) is 25.8. The average molecular weight is 481 g/mol. The number of carbonyl (C=O) groups excluding carboxylic acids is 3. The van der Waals surface area contributed by atoms with E-state index in [9.17, 15) is 14.4 Å². The van der Waals surface area contributed by atoms with Gasteiger partial charge in [-0.3, -0.25) is 14.4 Å². The van der Waals surface area contributed by atoms with E-state index >= 15 is 0 Å². The molecule has 1 heterocycles. The van der Waals surface area contributed by atoms with Crippen molar-refractivity contribution in [3.63, 3.8) is 0 Å². The topological polar surface area (TPSA) is 132 Å². The van der Waals surface area contributed by atoms with Crippen molar-refractivity contribution in [3.8, 4) is 17.2 Å². The zero-order valence-electron chi connectivity index (χ0n) is 19.7. The summed E-state index contributed by atoms with van der Waals surface area (Å²) in [4.78, 5) is 35.9. The second kappa shape index (κ2) is 13.1. The summed E-state index contributed by atoms with van der Waals surface area (Å²) >= 11 is 0. The van der Waals surface area contributed by atoms with Gasteiger partial charge in [-0.1, -0.05) is 24.8 Å². The van der Waals surface area contributed by atoms with Gasteiger partial charge in [0.15, 0.2) is 0 Å². The van der Waals surface area contributed by atoms with E-state index in [0.29, 0.717) is 49.8 Å². The van der Waals surface area contributed by atoms with Gasteiger partial charge in [0.25, 0.3) is 0 Å². The molecule has 5 N–H and O–H groups in total. The maximum absolute atomic E-state index is 12.6. The van der Waals surface area contributed by atoms with E-state index in [2.05, 4.69) is 22.5 Å².